The summed E-state index contributed by atoms with van der Waals surface area (Å²) in [4.78, 5) is 21.5. The first-order valence-corrected chi connectivity index (χ1v) is 12.8. The highest BCUT2D eigenvalue weighted by atomic mass is 32.2. The molecule has 1 aromatic heterocycles. The van der Waals surface area contributed by atoms with Crippen LogP contribution < -0.4 is 4.90 Å². The molecule has 10 heteroatoms. The Hall–Kier alpha value is -2.59. The lowest BCUT2D eigenvalue weighted by Gasteiger charge is -2.40. The highest BCUT2D eigenvalue weighted by Crippen LogP contribution is 2.36. The van der Waals surface area contributed by atoms with Crippen LogP contribution >= 0.6 is 11.3 Å². The molecule has 0 N–H and O–H groups in total. The highest BCUT2D eigenvalue weighted by Gasteiger charge is 2.40. The van der Waals surface area contributed by atoms with E-state index in [1.54, 1.807) is 23.1 Å². The molecule has 1 amide bonds. The van der Waals surface area contributed by atoms with Gasteiger partial charge in [-0.05, 0) is 44.0 Å². The largest absolute Gasteiger partial charge is 0.344 e. The maximum Gasteiger partial charge on any atom is 0.255 e. The number of rotatable bonds is 4. The molecule has 2 aromatic carbocycles. The minimum atomic E-state index is -3.51. The zero-order valence-electron chi connectivity index (χ0n) is 17.3. The van der Waals surface area contributed by atoms with Crippen molar-refractivity contribution in [2.75, 3.05) is 24.5 Å². The zero-order chi connectivity index (χ0) is 22.6. The molecule has 3 aromatic rings. The van der Waals surface area contributed by atoms with E-state index >= 15 is 0 Å². The first kappa shape index (κ1) is 21.3. The van der Waals surface area contributed by atoms with Gasteiger partial charge in [-0.25, -0.2) is 22.2 Å². The van der Waals surface area contributed by atoms with Crippen molar-refractivity contribution < 1.29 is 22.0 Å². The maximum absolute atomic E-state index is 14.1. The van der Waals surface area contributed by atoms with Crippen molar-refractivity contribution in [3.63, 3.8) is 0 Å². The average Bonchev–Trinajstić information content (AvgIpc) is 3.56. The lowest BCUT2D eigenvalue weighted by Crippen LogP contribution is -2.54. The van der Waals surface area contributed by atoms with Crippen LogP contribution in [0.1, 0.15) is 30.1 Å². The van der Waals surface area contributed by atoms with Crippen LogP contribution in [0.2, 0.25) is 0 Å². The molecule has 0 radical (unpaired) electrons. The quantitative estimate of drug-likeness (QED) is 0.571. The number of hydrogen-bond acceptors (Lipinski definition) is 6. The van der Waals surface area contributed by atoms with Crippen LogP contribution in [0, 0.1) is 11.6 Å². The molecule has 0 spiro atoms. The molecule has 1 atom stereocenters. The van der Waals surface area contributed by atoms with Gasteiger partial charge in [-0.1, -0.05) is 23.5 Å². The van der Waals surface area contributed by atoms with Gasteiger partial charge in [0.2, 0.25) is 0 Å². The Bertz CT molecular complexity index is 1320. The van der Waals surface area contributed by atoms with Crippen LogP contribution in [0.25, 0.3) is 10.2 Å². The molecule has 0 unspecified atom stereocenters. The van der Waals surface area contributed by atoms with Crippen molar-refractivity contribution in [1.82, 2.24) is 9.88 Å². The molecule has 168 valence electrons. The van der Waals surface area contributed by atoms with Gasteiger partial charge in [0, 0.05) is 25.7 Å². The molecule has 2 aliphatic rings. The predicted molar refractivity (Wildman–Crippen MR) is 119 cm³/mol. The summed E-state index contributed by atoms with van der Waals surface area (Å²) in [6.07, 6.45) is 1.26. The van der Waals surface area contributed by atoms with Crippen molar-refractivity contribution in [2.45, 2.75) is 36.0 Å². The molecule has 5 rings (SSSR count). The number of anilines is 1. The number of hydrogen-bond donors (Lipinski definition) is 0. The van der Waals surface area contributed by atoms with E-state index in [4.69, 9.17) is 0 Å². The number of fused-ring (bicyclic) bond motifs is 1. The number of sulfone groups is 1. The summed E-state index contributed by atoms with van der Waals surface area (Å²) >= 11 is 1.09. The lowest BCUT2D eigenvalue weighted by atomic mass is 10.1. The molecule has 1 aliphatic carbocycles. The summed E-state index contributed by atoms with van der Waals surface area (Å²) in [5.74, 6) is -2.12. The highest BCUT2D eigenvalue weighted by molar-refractivity contribution is 7.92. The van der Waals surface area contributed by atoms with E-state index in [0.717, 1.165) is 17.4 Å². The second-order valence-corrected chi connectivity index (χ2v) is 11.4. The van der Waals surface area contributed by atoms with Gasteiger partial charge in [0.25, 0.3) is 5.91 Å². The maximum atomic E-state index is 14.1. The molecule has 2 heterocycles. The smallest absolute Gasteiger partial charge is 0.255 e. The molecular formula is C22H21F2N3O3S2. The summed E-state index contributed by atoms with van der Waals surface area (Å²) in [5, 5.41) is 0.176. The summed E-state index contributed by atoms with van der Waals surface area (Å²) in [7, 11) is -3.51. The Balaban J connectivity index is 1.38. The summed E-state index contributed by atoms with van der Waals surface area (Å²) in [6, 6.07) is 8.69. The van der Waals surface area contributed by atoms with Crippen LogP contribution in [0.15, 0.2) is 41.3 Å². The van der Waals surface area contributed by atoms with Gasteiger partial charge in [-0.15, -0.1) is 0 Å². The normalized spacial score (nSPS) is 19.5. The first-order chi connectivity index (χ1) is 15.3. The number of aromatic nitrogens is 1. The van der Waals surface area contributed by atoms with E-state index in [1.165, 1.54) is 12.1 Å². The van der Waals surface area contributed by atoms with Gasteiger partial charge in [-0.2, -0.15) is 0 Å². The van der Waals surface area contributed by atoms with E-state index in [9.17, 15) is 22.0 Å². The number of nitrogens with zero attached hydrogens (tertiary/aromatic N) is 3. The van der Waals surface area contributed by atoms with Crippen molar-refractivity contribution >= 4 is 42.4 Å². The van der Waals surface area contributed by atoms with Crippen molar-refractivity contribution in [2.24, 2.45) is 0 Å². The number of carbonyl (C=O) groups is 1. The molecule has 1 saturated heterocycles. The van der Waals surface area contributed by atoms with Gasteiger partial charge in [0.05, 0.1) is 25.9 Å². The Morgan fingerprint density at radius 2 is 1.88 bits per heavy atom. The van der Waals surface area contributed by atoms with Gasteiger partial charge >= 0.3 is 0 Å². The molecular weight excluding hydrogens is 456 g/mol. The van der Waals surface area contributed by atoms with E-state index in [0.29, 0.717) is 43.1 Å². The molecule has 32 heavy (non-hydrogen) atoms. The third-order valence-corrected chi connectivity index (χ3v) is 9.43. The zero-order valence-corrected chi connectivity index (χ0v) is 18.9. The Labute approximate surface area is 188 Å². The van der Waals surface area contributed by atoms with Crippen molar-refractivity contribution in [1.29, 1.82) is 0 Å². The number of piperazine rings is 1. The van der Waals surface area contributed by atoms with E-state index in [-0.39, 0.29) is 27.1 Å². The standard InChI is InChI=1S/C22H21F2N3O3S2/c1-13-12-26(22-25-17-9-8-16(23)19(24)20(17)31-22)10-11-27(13)21(28)15-4-2-3-5-18(15)32(29,30)14-6-7-14/h2-5,8-9,13-14H,6-7,10-12H2,1H3/t13-/m0/s1. The van der Waals surface area contributed by atoms with Gasteiger partial charge in [-0.3, -0.25) is 4.79 Å². The number of carbonyl (C=O) groups excluding carboxylic acids is 1. The fourth-order valence-electron chi connectivity index (χ4n) is 4.10. The monoisotopic (exact) mass is 477 g/mol. The van der Waals surface area contributed by atoms with E-state index < -0.39 is 26.7 Å². The Morgan fingerprint density at radius 1 is 1.12 bits per heavy atom. The Morgan fingerprint density at radius 3 is 2.59 bits per heavy atom. The van der Waals surface area contributed by atoms with Crippen LogP contribution in [-0.2, 0) is 9.84 Å². The topological polar surface area (TPSA) is 70.6 Å². The molecule has 1 aliphatic heterocycles. The fourth-order valence-corrected chi connectivity index (χ4v) is 6.97. The molecule has 1 saturated carbocycles. The number of halogens is 2. The third kappa shape index (κ3) is 3.55. The van der Waals surface area contributed by atoms with Crippen LogP contribution in [0.5, 0.6) is 0 Å². The van der Waals surface area contributed by atoms with Crippen LogP contribution in [0.4, 0.5) is 13.9 Å². The molecule has 6 nitrogen and oxygen atoms in total. The predicted octanol–water partition coefficient (Wildman–Crippen LogP) is 3.86. The van der Waals surface area contributed by atoms with Gasteiger partial charge < -0.3 is 9.80 Å². The number of thiazole rings is 1. The summed E-state index contributed by atoms with van der Waals surface area (Å²) in [6.45, 7) is 3.16. The number of amides is 1. The lowest BCUT2D eigenvalue weighted by molar-refractivity contribution is 0.0670. The second-order valence-electron chi connectivity index (χ2n) is 8.24. The van der Waals surface area contributed by atoms with E-state index in [2.05, 4.69) is 4.98 Å². The van der Waals surface area contributed by atoms with Gasteiger partial charge in [0.15, 0.2) is 26.6 Å². The fraction of sp³-hybridized carbons (Fsp3) is 0.364. The first-order valence-electron chi connectivity index (χ1n) is 10.4. The van der Waals surface area contributed by atoms with Gasteiger partial charge in [0.1, 0.15) is 0 Å². The third-order valence-electron chi connectivity index (χ3n) is 5.98. The van der Waals surface area contributed by atoms with Crippen LogP contribution in [-0.4, -0.2) is 55.1 Å². The Kier molecular flexibility index (Phi) is 5.16. The van der Waals surface area contributed by atoms with Crippen LogP contribution in [0.3, 0.4) is 0 Å². The summed E-state index contributed by atoms with van der Waals surface area (Å²) < 4.78 is 53.4. The minimum Gasteiger partial charge on any atom is -0.344 e. The molecule has 2 fully saturated rings. The SMILES string of the molecule is C[C@H]1CN(c2nc3ccc(F)c(F)c3s2)CCN1C(=O)c1ccccc1S(=O)(=O)C1CC1. The summed E-state index contributed by atoms with van der Waals surface area (Å²) in [5.41, 5.74) is 0.603. The minimum absolute atomic E-state index is 0.103. The van der Waals surface area contributed by atoms with Crippen molar-refractivity contribution in [3.05, 3.63) is 53.6 Å². The molecule has 0 bridgehead atoms. The van der Waals surface area contributed by atoms with Crippen molar-refractivity contribution in [3.8, 4) is 0 Å². The average molecular weight is 478 g/mol. The second kappa shape index (κ2) is 7.77. The van der Waals surface area contributed by atoms with E-state index in [1.807, 2.05) is 11.8 Å². The number of benzene rings is 2.